The molecule has 2 atom stereocenters. The third-order valence-corrected chi connectivity index (χ3v) is 4.35. The van der Waals surface area contributed by atoms with Gasteiger partial charge >= 0.3 is 0 Å². The summed E-state index contributed by atoms with van der Waals surface area (Å²) in [7, 11) is 1.88. The van der Waals surface area contributed by atoms with Gasteiger partial charge in [-0.25, -0.2) is 0 Å². The van der Waals surface area contributed by atoms with Crippen molar-refractivity contribution in [3.05, 3.63) is 29.3 Å². The lowest BCUT2D eigenvalue weighted by atomic mass is 9.91. The normalized spacial score (nSPS) is 19.0. The number of rotatable bonds is 6. The van der Waals surface area contributed by atoms with Crippen LogP contribution in [0.15, 0.2) is 18.2 Å². The second-order valence-electron chi connectivity index (χ2n) is 6.24. The third-order valence-electron chi connectivity index (χ3n) is 4.35. The van der Waals surface area contributed by atoms with E-state index in [0.717, 1.165) is 12.2 Å². The second-order valence-corrected chi connectivity index (χ2v) is 6.24. The van der Waals surface area contributed by atoms with Gasteiger partial charge in [0.1, 0.15) is 5.75 Å². The van der Waals surface area contributed by atoms with Crippen LogP contribution in [0.1, 0.15) is 44.2 Å². The van der Waals surface area contributed by atoms with Gasteiger partial charge in [0.05, 0.1) is 12.7 Å². The largest absolute Gasteiger partial charge is 0.491 e. The molecule has 1 aliphatic carbocycles. The number of hydrogen-bond donors (Lipinski definition) is 2. The van der Waals surface area contributed by atoms with E-state index < -0.39 is 0 Å². The van der Waals surface area contributed by atoms with Crippen molar-refractivity contribution in [3.63, 3.8) is 0 Å². The predicted molar refractivity (Wildman–Crippen MR) is 82.3 cm³/mol. The first-order valence-corrected chi connectivity index (χ1v) is 7.64. The number of aryl methyl sites for hydroxylation is 2. The van der Waals surface area contributed by atoms with Crippen LogP contribution in [0.3, 0.4) is 0 Å². The maximum Gasteiger partial charge on any atom is 0.119 e. The molecule has 0 aromatic heterocycles. The summed E-state index contributed by atoms with van der Waals surface area (Å²) in [6.45, 7) is 4.19. The summed E-state index contributed by atoms with van der Waals surface area (Å²) < 4.78 is 6.03. The van der Waals surface area contributed by atoms with Gasteiger partial charge in [-0.1, -0.05) is 6.07 Å². The van der Waals surface area contributed by atoms with Gasteiger partial charge in [-0.2, -0.15) is 0 Å². The molecule has 112 valence electrons. The van der Waals surface area contributed by atoms with Crippen LogP contribution in [0.5, 0.6) is 5.75 Å². The number of nitrogens with one attached hydrogen (secondary N) is 1. The molecule has 0 saturated carbocycles. The molecule has 0 amide bonds. The summed E-state index contributed by atoms with van der Waals surface area (Å²) >= 11 is 0. The molecule has 0 fully saturated rings. The molecule has 2 N–H and O–H groups in total. The maximum atomic E-state index is 9.44. The van der Waals surface area contributed by atoms with E-state index in [-0.39, 0.29) is 18.2 Å². The Balaban J connectivity index is 1.99. The van der Waals surface area contributed by atoms with Gasteiger partial charge in [-0.3, -0.25) is 0 Å². The van der Waals surface area contributed by atoms with E-state index in [1.807, 2.05) is 14.0 Å². The average Bonchev–Trinajstić information content (AvgIpc) is 2.47. The van der Waals surface area contributed by atoms with Crippen LogP contribution in [-0.4, -0.2) is 30.4 Å². The highest BCUT2D eigenvalue weighted by Gasteiger charge is 2.24. The Hall–Kier alpha value is -1.06. The van der Waals surface area contributed by atoms with Crippen LogP contribution in [0.4, 0.5) is 0 Å². The summed E-state index contributed by atoms with van der Waals surface area (Å²) in [5.74, 6) is 0.953. The Morgan fingerprint density at radius 3 is 2.65 bits per heavy atom. The number of aliphatic hydroxyl groups is 1. The Kier molecular flexibility index (Phi) is 5.06. The molecule has 1 aromatic carbocycles. The summed E-state index contributed by atoms with van der Waals surface area (Å²) in [4.78, 5) is 0. The van der Waals surface area contributed by atoms with Gasteiger partial charge in [-0.15, -0.1) is 0 Å². The van der Waals surface area contributed by atoms with Crippen LogP contribution in [0.25, 0.3) is 0 Å². The minimum atomic E-state index is -0.284. The van der Waals surface area contributed by atoms with Crippen molar-refractivity contribution in [1.82, 2.24) is 5.32 Å². The first kappa shape index (κ1) is 15.3. The molecule has 20 heavy (non-hydrogen) atoms. The standard InChI is InChI=1S/C17H27NO2/c1-13(11-17(2,12-19)18-3)20-16-9-8-14-6-4-5-7-15(14)10-16/h8-10,13,18-19H,4-7,11-12H2,1-3H3. The minimum Gasteiger partial charge on any atom is -0.491 e. The third kappa shape index (κ3) is 3.74. The fourth-order valence-electron chi connectivity index (χ4n) is 2.94. The molecular weight excluding hydrogens is 250 g/mol. The van der Waals surface area contributed by atoms with Crippen LogP contribution >= 0.6 is 0 Å². The first-order chi connectivity index (χ1) is 9.56. The lowest BCUT2D eigenvalue weighted by Gasteiger charge is -2.30. The van der Waals surface area contributed by atoms with Crippen molar-refractivity contribution >= 4 is 0 Å². The zero-order valence-corrected chi connectivity index (χ0v) is 12.9. The Morgan fingerprint density at radius 1 is 1.30 bits per heavy atom. The number of ether oxygens (including phenoxy) is 1. The summed E-state index contributed by atoms with van der Waals surface area (Å²) in [6, 6.07) is 6.48. The summed E-state index contributed by atoms with van der Waals surface area (Å²) in [6.07, 6.45) is 5.81. The molecule has 1 aromatic rings. The zero-order chi connectivity index (χ0) is 14.6. The van der Waals surface area contributed by atoms with Gasteiger partial charge in [0, 0.05) is 12.0 Å². The van der Waals surface area contributed by atoms with Gasteiger partial charge < -0.3 is 15.2 Å². The number of fused-ring (bicyclic) bond motifs is 1. The fourth-order valence-corrected chi connectivity index (χ4v) is 2.94. The summed E-state index contributed by atoms with van der Waals surface area (Å²) in [5.41, 5.74) is 2.64. The molecule has 2 unspecified atom stereocenters. The zero-order valence-electron chi connectivity index (χ0n) is 12.9. The van der Waals surface area contributed by atoms with Gasteiger partial charge in [0.2, 0.25) is 0 Å². The average molecular weight is 277 g/mol. The minimum absolute atomic E-state index is 0.0706. The lowest BCUT2D eigenvalue weighted by molar-refractivity contribution is 0.115. The first-order valence-electron chi connectivity index (χ1n) is 7.64. The molecule has 0 saturated heterocycles. The van der Waals surface area contributed by atoms with E-state index in [9.17, 15) is 5.11 Å². The van der Waals surface area contributed by atoms with E-state index >= 15 is 0 Å². The molecular formula is C17H27NO2. The molecule has 2 rings (SSSR count). The van der Waals surface area contributed by atoms with E-state index in [0.29, 0.717) is 0 Å². The Bertz CT molecular complexity index is 441. The van der Waals surface area contributed by atoms with Crippen LogP contribution < -0.4 is 10.1 Å². The van der Waals surface area contributed by atoms with Crippen molar-refractivity contribution in [2.45, 2.75) is 57.6 Å². The van der Waals surface area contributed by atoms with Crippen molar-refractivity contribution in [1.29, 1.82) is 0 Å². The molecule has 3 nitrogen and oxygen atoms in total. The highest BCUT2D eigenvalue weighted by Crippen LogP contribution is 2.26. The molecule has 3 heteroatoms. The number of likely N-dealkylation sites (N-methyl/N-ethyl adjacent to an activating group) is 1. The van der Waals surface area contributed by atoms with E-state index in [1.165, 1.54) is 36.8 Å². The smallest absolute Gasteiger partial charge is 0.119 e. The second kappa shape index (κ2) is 6.59. The topological polar surface area (TPSA) is 41.5 Å². The SMILES string of the molecule is CNC(C)(CO)CC(C)Oc1ccc2c(c1)CCCC2. The van der Waals surface area contributed by atoms with Crippen LogP contribution in [-0.2, 0) is 12.8 Å². The summed E-state index contributed by atoms with van der Waals surface area (Å²) in [5, 5.41) is 12.6. The highest BCUT2D eigenvalue weighted by molar-refractivity contribution is 5.37. The number of aliphatic hydroxyl groups excluding tert-OH is 1. The maximum absolute atomic E-state index is 9.44. The van der Waals surface area contributed by atoms with Gasteiger partial charge in [0.15, 0.2) is 0 Å². The fraction of sp³-hybridized carbons (Fsp3) is 0.647. The number of hydrogen-bond acceptors (Lipinski definition) is 3. The molecule has 0 aliphatic heterocycles. The molecule has 0 bridgehead atoms. The van der Waals surface area contributed by atoms with Crippen molar-refractivity contribution < 1.29 is 9.84 Å². The van der Waals surface area contributed by atoms with Gasteiger partial charge in [0.25, 0.3) is 0 Å². The van der Waals surface area contributed by atoms with Crippen molar-refractivity contribution in [2.75, 3.05) is 13.7 Å². The van der Waals surface area contributed by atoms with Crippen molar-refractivity contribution in [3.8, 4) is 5.75 Å². The quantitative estimate of drug-likeness (QED) is 0.840. The van der Waals surface area contributed by atoms with Gasteiger partial charge in [-0.05, 0) is 69.8 Å². The van der Waals surface area contributed by atoms with Crippen LogP contribution in [0.2, 0.25) is 0 Å². The Labute approximate surface area is 122 Å². The molecule has 0 spiro atoms. The van der Waals surface area contributed by atoms with E-state index in [1.54, 1.807) is 0 Å². The predicted octanol–water partition coefficient (Wildman–Crippen LogP) is 2.69. The number of benzene rings is 1. The van der Waals surface area contributed by atoms with Crippen LogP contribution in [0, 0.1) is 0 Å². The Morgan fingerprint density at radius 2 is 2.00 bits per heavy atom. The molecule has 0 heterocycles. The lowest BCUT2D eigenvalue weighted by Crippen LogP contribution is -2.46. The highest BCUT2D eigenvalue weighted by atomic mass is 16.5. The molecule has 1 aliphatic rings. The monoisotopic (exact) mass is 277 g/mol. The van der Waals surface area contributed by atoms with E-state index in [2.05, 4.69) is 30.4 Å². The van der Waals surface area contributed by atoms with Crippen molar-refractivity contribution in [2.24, 2.45) is 0 Å². The van der Waals surface area contributed by atoms with E-state index in [4.69, 9.17) is 4.74 Å². The molecule has 0 radical (unpaired) electrons.